The van der Waals surface area contributed by atoms with Crippen LogP contribution in [0.4, 0.5) is 5.69 Å². The van der Waals surface area contributed by atoms with Crippen molar-refractivity contribution >= 4 is 31.6 Å². The van der Waals surface area contributed by atoms with Crippen LogP contribution in [0.3, 0.4) is 0 Å². The van der Waals surface area contributed by atoms with Crippen LogP contribution in [0.1, 0.15) is 38.2 Å². The first-order valence-electron chi connectivity index (χ1n) is 6.95. The van der Waals surface area contributed by atoms with Crippen LogP contribution in [-0.2, 0) is 10.0 Å². The summed E-state index contributed by atoms with van der Waals surface area (Å²) in [4.78, 5) is 0.332. The number of nitrogens with zero attached hydrogens (tertiary/aromatic N) is 1. The maximum absolute atomic E-state index is 12.9. The van der Waals surface area contributed by atoms with Gasteiger partial charge in [-0.3, -0.25) is 0 Å². The largest absolute Gasteiger partial charge is 0.398 e. The van der Waals surface area contributed by atoms with Crippen molar-refractivity contribution < 1.29 is 8.42 Å². The highest BCUT2D eigenvalue weighted by Gasteiger charge is 2.33. The van der Waals surface area contributed by atoms with Gasteiger partial charge in [-0.25, -0.2) is 8.42 Å². The molecule has 1 aliphatic heterocycles. The van der Waals surface area contributed by atoms with Crippen LogP contribution in [0.5, 0.6) is 0 Å². The summed E-state index contributed by atoms with van der Waals surface area (Å²) in [5, 5.41) is 0. The average Bonchev–Trinajstić information content (AvgIpc) is 2.42. The predicted octanol–water partition coefficient (Wildman–Crippen LogP) is 3.29. The number of piperidine rings is 1. The van der Waals surface area contributed by atoms with Crippen molar-refractivity contribution in [3.05, 3.63) is 22.2 Å². The van der Waals surface area contributed by atoms with E-state index in [2.05, 4.69) is 15.9 Å². The van der Waals surface area contributed by atoms with Gasteiger partial charge in [0.25, 0.3) is 0 Å². The van der Waals surface area contributed by atoms with Gasteiger partial charge in [-0.05, 0) is 59.8 Å². The highest BCUT2D eigenvalue weighted by molar-refractivity contribution is 9.10. The monoisotopic (exact) mass is 360 g/mol. The molecule has 0 bridgehead atoms. The van der Waals surface area contributed by atoms with E-state index in [1.165, 1.54) is 0 Å². The molecule has 0 saturated carbocycles. The van der Waals surface area contributed by atoms with E-state index in [9.17, 15) is 8.42 Å². The van der Waals surface area contributed by atoms with Crippen LogP contribution in [0.2, 0.25) is 0 Å². The number of anilines is 1. The van der Waals surface area contributed by atoms with E-state index in [1.54, 1.807) is 16.4 Å². The summed E-state index contributed by atoms with van der Waals surface area (Å²) >= 11 is 3.34. The highest BCUT2D eigenvalue weighted by Crippen LogP contribution is 2.32. The van der Waals surface area contributed by atoms with Gasteiger partial charge in [0, 0.05) is 22.7 Å². The Morgan fingerprint density at radius 3 is 2.75 bits per heavy atom. The molecule has 1 unspecified atom stereocenters. The molecule has 1 heterocycles. The summed E-state index contributed by atoms with van der Waals surface area (Å²) in [7, 11) is -3.46. The molecule has 0 spiro atoms. The first-order chi connectivity index (χ1) is 9.37. The number of hydrogen-bond donors (Lipinski definition) is 1. The molecule has 1 fully saturated rings. The van der Waals surface area contributed by atoms with Gasteiger partial charge in [-0.1, -0.05) is 13.3 Å². The number of nitrogens with two attached hydrogens (primary N) is 1. The molecular weight excluding hydrogens is 340 g/mol. The van der Waals surface area contributed by atoms with Crippen molar-refractivity contribution in [2.75, 3.05) is 12.3 Å². The first-order valence-corrected chi connectivity index (χ1v) is 9.18. The third-order valence-electron chi connectivity index (χ3n) is 3.93. The van der Waals surface area contributed by atoms with Crippen LogP contribution in [0.15, 0.2) is 21.5 Å². The normalized spacial score (nSPS) is 21.1. The molecule has 2 rings (SSSR count). The van der Waals surface area contributed by atoms with E-state index in [4.69, 9.17) is 5.73 Å². The lowest BCUT2D eigenvalue weighted by molar-refractivity contribution is 0.246. The Morgan fingerprint density at radius 2 is 2.10 bits per heavy atom. The van der Waals surface area contributed by atoms with E-state index >= 15 is 0 Å². The maximum atomic E-state index is 12.9. The van der Waals surface area contributed by atoms with E-state index in [0.717, 1.165) is 35.7 Å². The average molecular weight is 361 g/mol. The lowest BCUT2D eigenvalue weighted by Crippen LogP contribution is -2.43. The zero-order valence-electron chi connectivity index (χ0n) is 11.9. The lowest BCUT2D eigenvalue weighted by Gasteiger charge is -2.34. The van der Waals surface area contributed by atoms with Crippen molar-refractivity contribution in [1.82, 2.24) is 4.31 Å². The Labute approximate surface area is 129 Å². The number of hydrogen-bond acceptors (Lipinski definition) is 3. The van der Waals surface area contributed by atoms with Crippen LogP contribution in [0.25, 0.3) is 0 Å². The molecule has 0 aliphatic carbocycles. The molecule has 1 aromatic rings. The van der Waals surface area contributed by atoms with E-state index in [0.29, 0.717) is 17.1 Å². The van der Waals surface area contributed by atoms with Crippen molar-refractivity contribution in [2.24, 2.45) is 0 Å². The molecule has 4 nitrogen and oxygen atoms in total. The van der Waals surface area contributed by atoms with Crippen molar-refractivity contribution in [3.63, 3.8) is 0 Å². The fourth-order valence-electron chi connectivity index (χ4n) is 2.77. The molecule has 1 aromatic carbocycles. The summed E-state index contributed by atoms with van der Waals surface area (Å²) in [5.74, 6) is 0. The predicted molar refractivity (Wildman–Crippen MR) is 85.1 cm³/mol. The van der Waals surface area contributed by atoms with Crippen molar-refractivity contribution in [1.29, 1.82) is 0 Å². The minimum Gasteiger partial charge on any atom is -0.398 e. The van der Waals surface area contributed by atoms with Crippen molar-refractivity contribution in [2.45, 2.75) is 50.5 Å². The van der Waals surface area contributed by atoms with E-state index in [-0.39, 0.29) is 6.04 Å². The second kappa shape index (κ2) is 6.03. The summed E-state index contributed by atoms with van der Waals surface area (Å²) in [6.45, 7) is 4.46. The third-order valence-corrected chi connectivity index (χ3v) is 6.71. The van der Waals surface area contributed by atoms with Crippen LogP contribution in [0, 0.1) is 6.92 Å². The maximum Gasteiger partial charge on any atom is 0.243 e. The molecule has 112 valence electrons. The first kappa shape index (κ1) is 15.8. The summed E-state index contributed by atoms with van der Waals surface area (Å²) in [6, 6.07) is 3.45. The standard InChI is InChI=1S/C14H21BrN2O2S/c1-3-11-6-4-5-7-17(11)20(18,19)14-9-13(16)12(15)8-10(14)2/h8-9,11H,3-7,16H2,1-2H3. The molecule has 1 aliphatic rings. The minimum absolute atomic E-state index is 0.109. The molecule has 1 saturated heterocycles. The highest BCUT2D eigenvalue weighted by atomic mass is 79.9. The second-order valence-electron chi connectivity index (χ2n) is 5.31. The van der Waals surface area contributed by atoms with Gasteiger partial charge in [0.05, 0.1) is 4.90 Å². The topological polar surface area (TPSA) is 63.4 Å². The molecule has 0 aromatic heterocycles. The lowest BCUT2D eigenvalue weighted by atomic mass is 10.0. The van der Waals surface area contributed by atoms with Crippen molar-refractivity contribution in [3.8, 4) is 0 Å². The van der Waals surface area contributed by atoms with Crippen LogP contribution >= 0.6 is 15.9 Å². The second-order valence-corrected chi connectivity index (χ2v) is 8.03. The minimum atomic E-state index is -3.46. The van der Waals surface area contributed by atoms with Gasteiger partial charge in [0.15, 0.2) is 0 Å². The SMILES string of the molecule is CCC1CCCCN1S(=O)(=O)c1cc(N)c(Br)cc1C. The van der Waals surface area contributed by atoms with Gasteiger partial charge >= 0.3 is 0 Å². The molecular formula is C14H21BrN2O2S. The van der Waals surface area contributed by atoms with E-state index in [1.807, 2.05) is 13.8 Å². The fourth-order valence-corrected chi connectivity index (χ4v) is 5.24. The third kappa shape index (κ3) is 2.87. The summed E-state index contributed by atoms with van der Waals surface area (Å²) in [6.07, 6.45) is 3.83. The zero-order chi connectivity index (χ0) is 14.9. The van der Waals surface area contributed by atoms with Gasteiger partial charge < -0.3 is 5.73 Å². The molecule has 20 heavy (non-hydrogen) atoms. The zero-order valence-corrected chi connectivity index (χ0v) is 14.3. The fraction of sp³-hybridized carbons (Fsp3) is 0.571. The number of sulfonamides is 1. The number of rotatable bonds is 3. The quantitative estimate of drug-likeness (QED) is 0.841. The van der Waals surface area contributed by atoms with Gasteiger partial charge in [0.1, 0.15) is 0 Å². The van der Waals surface area contributed by atoms with Crippen LogP contribution in [-0.4, -0.2) is 25.3 Å². The number of halogens is 1. The number of benzene rings is 1. The molecule has 1 atom stereocenters. The smallest absolute Gasteiger partial charge is 0.243 e. The van der Waals surface area contributed by atoms with Gasteiger partial charge in [0.2, 0.25) is 10.0 Å². The Balaban J connectivity index is 2.46. The number of nitrogen functional groups attached to an aromatic ring is 1. The van der Waals surface area contributed by atoms with Crippen LogP contribution < -0.4 is 5.73 Å². The molecule has 6 heteroatoms. The molecule has 0 radical (unpaired) electrons. The summed E-state index contributed by atoms with van der Waals surface area (Å²) < 4.78 is 28.2. The van der Waals surface area contributed by atoms with Gasteiger partial charge in [-0.2, -0.15) is 4.31 Å². The van der Waals surface area contributed by atoms with E-state index < -0.39 is 10.0 Å². The Hall–Kier alpha value is -0.590. The van der Waals surface area contributed by atoms with Gasteiger partial charge in [-0.15, -0.1) is 0 Å². The number of aryl methyl sites for hydroxylation is 1. The molecule has 2 N–H and O–H groups in total. The Bertz CT molecular complexity index is 601. The summed E-state index contributed by atoms with van der Waals surface area (Å²) in [5.41, 5.74) is 7.04. The Kier molecular flexibility index (Phi) is 4.76. The Morgan fingerprint density at radius 1 is 1.40 bits per heavy atom. The molecule has 0 amide bonds.